The Balaban J connectivity index is 1.55. The summed E-state index contributed by atoms with van der Waals surface area (Å²) in [4.78, 5) is 34.8. The molecule has 3 aromatic rings. The molecule has 198 valence electrons. The van der Waals surface area contributed by atoms with Crippen LogP contribution >= 0.6 is 0 Å². The fraction of sp³-hybridized carbons (Fsp3) is 0.192. The second-order valence-corrected chi connectivity index (χ2v) is 7.48. The second kappa shape index (κ2) is 13.8. The van der Waals surface area contributed by atoms with Gasteiger partial charge in [-0.05, 0) is 48.9 Å². The largest absolute Gasteiger partial charge is 0.495 e. The lowest BCUT2D eigenvalue weighted by Gasteiger charge is -2.13. The van der Waals surface area contributed by atoms with Crippen LogP contribution in [0.3, 0.4) is 0 Å². The summed E-state index contributed by atoms with van der Waals surface area (Å²) in [6.45, 7) is 1.43. The van der Waals surface area contributed by atoms with Gasteiger partial charge in [-0.1, -0.05) is 24.3 Å². The van der Waals surface area contributed by atoms with E-state index in [-0.39, 0.29) is 24.0 Å². The highest BCUT2D eigenvalue weighted by Crippen LogP contribution is 2.29. The molecule has 2 amide bonds. The molecule has 0 fully saturated rings. The Morgan fingerprint density at radius 3 is 2.32 bits per heavy atom. The molecule has 12 heteroatoms. The lowest BCUT2D eigenvalue weighted by molar-refractivity contribution is -0.385. The van der Waals surface area contributed by atoms with Gasteiger partial charge in [-0.15, -0.1) is 0 Å². The summed E-state index contributed by atoms with van der Waals surface area (Å²) in [5.41, 5.74) is 3.15. The Labute approximate surface area is 218 Å². The summed E-state index contributed by atoms with van der Waals surface area (Å²) < 4.78 is 21.7. The zero-order valence-corrected chi connectivity index (χ0v) is 20.7. The van der Waals surface area contributed by atoms with Gasteiger partial charge >= 0.3 is 5.69 Å². The van der Waals surface area contributed by atoms with Crippen LogP contribution in [0.5, 0.6) is 23.0 Å². The molecule has 0 aliphatic carbocycles. The van der Waals surface area contributed by atoms with Crippen molar-refractivity contribution in [2.24, 2.45) is 5.10 Å². The lowest BCUT2D eigenvalue weighted by Crippen LogP contribution is -2.24. The van der Waals surface area contributed by atoms with Gasteiger partial charge in [-0.3, -0.25) is 19.7 Å². The van der Waals surface area contributed by atoms with Crippen molar-refractivity contribution in [2.45, 2.75) is 6.92 Å². The number of ether oxygens (including phenoxy) is 4. The molecule has 0 unspecified atom stereocenters. The van der Waals surface area contributed by atoms with Crippen LogP contribution in [0.2, 0.25) is 0 Å². The van der Waals surface area contributed by atoms with Crippen LogP contribution in [0.1, 0.15) is 12.5 Å². The number of amides is 2. The number of hydrogen-bond donors (Lipinski definition) is 2. The van der Waals surface area contributed by atoms with Crippen LogP contribution in [-0.4, -0.2) is 49.9 Å². The normalized spacial score (nSPS) is 10.5. The third-order valence-electron chi connectivity index (χ3n) is 4.83. The van der Waals surface area contributed by atoms with Crippen LogP contribution in [-0.2, 0) is 9.59 Å². The molecule has 0 aliphatic heterocycles. The topological polar surface area (TPSA) is 151 Å². The van der Waals surface area contributed by atoms with Gasteiger partial charge in [0.15, 0.2) is 30.5 Å². The van der Waals surface area contributed by atoms with E-state index in [0.717, 1.165) is 0 Å². The van der Waals surface area contributed by atoms with Gasteiger partial charge in [-0.25, -0.2) is 5.43 Å². The molecule has 0 spiro atoms. The Morgan fingerprint density at radius 2 is 1.58 bits per heavy atom. The number of anilines is 1. The molecule has 0 saturated carbocycles. The Hall–Kier alpha value is -5.13. The number of para-hydroxylation sites is 4. The number of carbonyl (C=O) groups excluding carboxylic acids is 2. The van der Waals surface area contributed by atoms with E-state index in [2.05, 4.69) is 15.8 Å². The molecular formula is C26H26N4O8. The molecule has 0 heterocycles. The molecule has 12 nitrogen and oxygen atoms in total. The number of methoxy groups -OCH3 is 1. The van der Waals surface area contributed by atoms with E-state index in [4.69, 9.17) is 18.9 Å². The molecule has 0 atom stereocenters. The number of nitro benzene ring substituents is 1. The highest BCUT2D eigenvalue weighted by Gasteiger charge is 2.15. The van der Waals surface area contributed by atoms with Crippen molar-refractivity contribution < 1.29 is 33.5 Å². The van der Waals surface area contributed by atoms with E-state index in [9.17, 15) is 19.7 Å². The van der Waals surface area contributed by atoms with Crippen LogP contribution in [0, 0.1) is 10.1 Å². The van der Waals surface area contributed by atoms with Gasteiger partial charge in [0.05, 0.1) is 30.5 Å². The minimum Gasteiger partial charge on any atom is -0.495 e. The summed E-state index contributed by atoms with van der Waals surface area (Å²) in [5.74, 6) is 0.247. The van der Waals surface area contributed by atoms with E-state index in [1.165, 1.54) is 31.5 Å². The first-order valence-corrected chi connectivity index (χ1v) is 11.4. The van der Waals surface area contributed by atoms with Crippen molar-refractivity contribution in [2.75, 3.05) is 32.2 Å². The predicted molar refractivity (Wildman–Crippen MR) is 139 cm³/mol. The number of benzene rings is 3. The van der Waals surface area contributed by atoms with Gasteiger partial charge in [0.25, 0.3) is 11.8 Å². The number of rotatable bonds is 13. The molecule has 2 N–H and O–H groups in total. The van der Waals surface area contributed by atoms with E-state index in [1.54, 1.807) is 55.5 Å². The molecule has 0 aliphatic rings. The third-order valence-corrected chi connectivity index (χ3v) is 4.83. The number of nitro groups is 1. The minimum atomic E-state index is -0.606. The van der Waals surface area contributed by atoms with Crippen molar-refractivity contribution in [3.63, 3.8) is 0 Å². The molecule has 38 heavy (non-hydrogen) atoms. The first-order valence-electron chi connectivity index (χ1n) is 11.4. The zero-order chi connectivity index (χ0) is 27.3. The Bertz CT molecular complexity index is 1310. The predicted octanol–water partition coefficient (Wildman–Crippen LogP) is 3.55. The highest BCUT2D eigenvalue weighted by molar-refractivity contribution is 5.93. The average molecular weight is 523 g/mol. The van der Waals surface area contributed by atoms with Gasteiger partial charge in [0, 0.05) is 6.07 Å². The van der Waals surface area contributed by atoms with Crippen LogP contribution in [0.25, 0.3) is 0 Å². The standard InChI is InChI=1S/C26H26N4O8/c1-3-36-24-14-18(15-27-29-26(32)17-37-22-11-7-5-9-20(22)30(33)34)12-13-23(24)38-16-25(31)28-19-8-4-6-10-21(19)35-2/h4-15H,3,16-17H2,1-2H3,(H,28,31)(H,29,32)/b27-15+. The monoisotopic (exact) mass is 522 g/mol. The van der Waals surface area contributed by atoms with Crippen LogP contribution in [0.4, 0.5) is 11.4 Å². The van der Waals surface area contributed by atoms with E-state index >= 15 is 0 Å². The lowest BCUT2D eigenvalue weighted by atomic mass is 10.2. The Kier molecular flexibility index (Phi) is 9.99. The van der Waals surface area contributed by atoms with Gasteiger partial charge < -0.3 is 24.3 Å². The number of hydrogen-bond acceptors (Lipinski definition) is 9. The highest BCUT2D eigenvalue weighted by atomic mass is 16.6. The third kappa shape index (κ3) is 7.95. The number of hydrazone groups is 1. The van der Waals surface area contributed by atoms with Crippen molar-refractivity contribution >= 4 is 29.4 Å². The van der Waals surface area contributed by atoms with Crippen molar-refractivity contribution in [1.29, 1.82) is 0 Å². The van der Waals surface area contributed by atoms with Crippen molar-refractivity contribution in [3.8, 4) is 23.0 Å². The molecule has 0 radical (unpaired) electrons. The fourth-order valence-electron chi connectivity index (χ4n) is 3.15. The second-order valence-electron chi connectivity index (χ2n) is 7.48. The van der Waals surface area contributed by atoms with Crippen molar-refractivity contribution in [1.82, 2.24) is 5.43 Å². The summed E-state index contributed by atoms with van der Waals surface area (Å²) in [7, 11) is 1.51. The molecule has 0 saturated heterocycles. The van der Waals surface area contributed by atoms with Crippen LogP contribution < -0.4 is 29.7 Å². The van der Waals surface area contributed by atoms with E-state index < -0.39 is 17.4 Å². The first kappa shape index (κ1) is 27.5. The average Bonchev–Trinajstić information content (AvgIpc) is 2.92. The van der Waals surface area contributed by atoms with Crippen molar-refractivity contribution in [3.05, 3.63) is 82.4 Å². The quantitative estimate of drug-likeness (QED) is 0.197. The maximum atomic E-state index is 12.4. The SMILES string of the molecule is CCOc1cc(/C=N/NC(=O)COc2ccccc2[N+](=O)[O-])ccc1OCC(=O)Nc1ccccc1OC. The summed E-state index contributed by atoms with van der Waals surface area (Å²) in [6, 6.07) is 17.7. The van der Waals surface area contributed by atoms with Gasteiger partial charge in [-0.2, -0.15) is 5.10 Å². The molecule has 3 rings (SSSR count). The Morgan fingerprint density at radius 1 is 0.895 bits per heavy atom. The van der Waals surface area contributed by atoms with E-state index in [0.29, 0.717) is 35.1 Å². The molecule has 3 aromatic carbocycles. The molecule has 0 aromatic heterocycles. The first-order chi connectivity index (χ1) is 18.4. The maximum absolute atomic E-state index is 12.4. The van der Waals surface area contributed by atoms with E-state index in [1.807, 2.05) is 0 Å². The van der Waals surface area contributed by atoms with Crippen LogP contribution in [0.15, 0.2) is 71.8 Å². The number of carbonyl (C=O) groups is 2. The smallest absolute Gasteiger partial charge is 0.310 e. The minimum absolute atomic E-state index is 0.0230. The van der Waals surface area contributed by atoms with Gasteiger partial charge in [0.2, 0.25) is 0 Å². The number of nitrogens with one attached hydrogen (secondary N) is 2. The number of nitrogens with zero attached hydrogens (tertiary/aromatic N) is 2. The molecular weight excluding hydrogens is 496 g/mol. The molecule has 0 bridgehead atoms. The summed E-state index contributed by atoms with van der Waals surface area (Å²) in [6.07, 6.45) is 1.38. The maximum Gasteiger partial charge on any atom is 0.310 e. The fourth-order valence-corrected chi connectivity index (χ4v) is 3.15. The zero-order valence-electron chi connectivity index (χ0n) is 20.7. The van der Waals surface area contributed by atoms with Gasteiger partial charge in [0.1, 0.15) is 5.75 Å². The summed E-state index contributed by atoms with van der Waals surface area (Å²) in [5, 5.41) is 17.6. The summed E-state index contributed by atoms with van der Waals surface area (Å²) >= 11 is 0.